The summed E-state index contributed by atoms with van der Waals surface area (Å²) in [5.41, 5.74) is 2.07. The van der Waals surface area contributed by atoms with Crippen LogP contribution in [0.15, 0.2) is 54.6 Å². The van der Waals surface area contributed by atoms with Crippen LogP contribution in [-0.2, 0) is 9.53 Å². The average Bonchev–Trinajstić information content (AvgIpc) is 2.46. The third-order valence-corrected chi connectivity index (χ3v) is 3.04. The number of carbonyl (C=O) groups excluding carboxylic acids is 1. The third-order valence-electron chi connectivity index (χ3n) is 2.70. The molecule has 0 radical (unpaired) electrons. The molecule has 0 spiro atoms. The van der Waals surface area contributed by atoms with Gasteiger partial charge < -0.3 is 4.74 Å². The molecule has 0 aliphatic heterocycles. The fourth-order valence-corrected chi connectivity index (χ4v) is 1.93. The van der Waals surface area contributed by atoms with Gasteiger partial charge in [-0.15, -0.1) is 0 Å². The van der Waals surface area contributed by atoms with Crippen LogP contribution in [0.4, 0.5) is 0 Å². The van der Waals surface area contributed by atoms with E-state index in [4.69, 9.17) is 16.3 Å². The van der Waals surface area contributed by atoms with Crippen LogP contribution >= 0.6 is 11.6 Å². The molecule has 0 N–H and O–H groups in total. The van der Waals surface area contributed by atoms with Crippen LogP contribution < -0.4 is 0 Å². The predicted octanol–water partition coefficient (Wildman–Crippen LogP) is 4.05. The molecule has 0 unspecified atom stereocenters. The highest BCUT2D eigenvalue weighted by Gasteiger charge is 2.12. The van der Waals surface area contributed by atoms with Crippen LogP contribution in [0.25, 0.3) is 11.6 Å². The molecule has 3 heteroatoms. The molecule has 96 valence electrons. The number of carbonyl (C=O) groups is 1. The van der Waals surface area contributed by atoms with E-state index >= 15 is 0 Å². The van der Waals surface area contributed by atoms with Gasteiger partial charge in [-0.25, -0.2) is 4.79 Å². The van der Waals surface area contributed by atoms with Crippen LogP contribution in [-0.4, -0.2) is 13.1 Å². The summed E-state index contributed by atoms with van der Waals surface area (Å²) in [4.78, 5) is 11.9. The second-order valence-electron chi connectivity index (χ2n) is 3.94. The quantitative estimate of drug-likeness (QED) is 0.479. The summed E-state index contributed by atoms with van der Waals surface area (Å²) in [6.07, 6.45) is 1.74. The fraction of sp³-hybridized carbons (Fsp3) is 0.0625. The summed E-state index contributed by atoms with van der Waals surface area (Å²) in [5, 5.41) is 0.597. The lowest BCUT2D eigenvalue weighted by molar-refractivity contribution is -0.133. The Balaban J connectivity index is 2.51. The number of hydrogen-bond donors (Lipinski definition) is 0. The second-order valence-corrected chi connectivity index (χ2v) is 4.34. The maximum atomic E-state index is 11.9. The molecule has 0 aromatic heterocycles. The maximum Gasteiger partial charge on any atom is 0.338 e. The largest absolute Gasteiger partial charge is 0.465 e. The Kier molecular flexibility index (Phi) is 4.37. The predicted molar refractivity (Wildman–Crippen MR) is 77.8 cm³/mol. The van der Waals surface area contributed by atoms with Crippen molar-refractivity contribution >= 4 is 29.2 Å². The molecule has 0 heterocycles. The van der Waals surface area contributed by atoms with E-state index in [0.717, 1.165) is 11.1 Å². The van der Waals surface area contributed by atoms with Gasteiger partial charge in [-0.1, -0.05) is 60.1 Å². The molecule has 0 bridgehead atoms. The number of rotatable bonds is 3. The molecule has 2 aromatic carbocycles. The average molecular weight is 273 g/mol. The molecule has 0 saturated heterocycles. The summed E-state index contributed by atoms with van der Waals surface area (Å²) in [5.74, 6) is -0.383. The third kappa shape index (κ3) is 3.24. The van der Waals surface area contributed by atoms with Crippen LogP contribution in [0.5, 0.6) is 0 Å². The molecule has 0 aliphatic carbocycles. The molecular weight excluding hydrogens is 260 g/mol. The van der Waals surface area contributed by atoms with Gasteiger partial charge in [0.1, 0.15) is 0 Å². The number of halogens is 1. The topological polar surface area (TPSA) is 26.3 Å². The van der Waals surface area contributed by atoms with Crippen LogP contribution in [0.1, 0.15) is 11.1 Å². The molecule has 0 atom stereocenters. The van der Waals surface area contributed by atoms with Crippen molar-refractivity contribution in [3.8, 4) is 0 Å². The van der Waals surface area contributed by atoms with Crippen molar-refractivity contribution < 1.29 is 9.53 Å². The lowest BCUT2D eigenvalue weighted by Crippen LogP contribution is -2.03. The zero-order valence-corrected chi connectivity index (χ0v) is 11.2. The summed E-state index contributed by atoms with van der Waals surface area (Å²) < 4.78 is 4.83. The summed E-state index contributed by atoms with van der Waals surface area (Å²) in [7, 11) is 1.37. The van der Waals surface area contributed by atoms with Gasteiger partial charge in [-0.05, 0) is 23.3 Å². The summed E-state index contributed by atoms with van der Waals surface area (Å²) >= 11 is 6.11. The van der Waals surface area contributed by atoms with Crippen molar-refractivity contribution in [1.82, 2.24) is 0 Å². The molecule has 0 saturated carbocycles. The number of esters is 1. The molecule has 2 rings (SSSR count). The summed E-state index contributed by atoms with van der Waals surface area (Å²) in [6.45, 7) is 0. The Hall–Kier alpha value is -2.06. The first-order chi connectivity index (χ1) is 9.22. The van der Waals surface area contributed by atoms with Gasteiger partial charge in [-0.3, -0.25) is 0 Å². The van der Waals surface area contributed by atoms with E-state index in [1.54, 1.807) is 12.1 Å². The Morgan fingerprint density at radius 2 is 1.68 bits per heavy atom. The van der Waals surface area contributed by atoms with Crippen molar-refractivity contribution in [3.63, 3.8) is 0 Å². The zero-order chi connectivity index (χ0) is 13.7. The van der Waals surface area contributed by atoms with E-state index in [1.165, 1.54) is 7.11 Å². The van der Waals surface area contributed by atoms with Crippen molar-refractivity contribution in [3.05, 3.63) is 70.7 Å². The number of benzene rings is 2. The van der Waals surface area contributed by atoms with Gasteiger partial charge in [0.2, 0.25) is 0 Å². The lowest BCUT2D eigenvalue weighted by atomic mass is 10.0. The Bertz CT molecular complexity index is 603. The molecule has 0 fully saturated rings. The Morgan fingerprint density at radius 1 is 1.05 bits per heavy atom. The Morgan fingerprint density at radius 3 is 2.32 bits per heavy atom. The normalized spacial score (nSPS) is 11.2. The molecule has 19 heavy (non-hydrogen) atoms. The highest BCUT2D eigenvalue weighted by molar-refractivity contribution is 6.33. The van der Waals surface area contributed by atoms with E-state index in [0.29, 0.717) is 10.6 Å². The van der Waals surface area contributed by atoms with Crippen LogP contribution in [0, 0.1) is 0 Å². The first-order valence-electron chi connectivity index (χ1n) is 5.82. The van der Waals surface area contributed by atoms with E-state index in [1.807, 2.05) is 48.5 Å². The smallest absolute Gasteiger partial charge is 0.338 e. The van der Waals surface area contributed by atoms with Gasteiger partial charge in [0, 0.05) is 5.02 Å². The minimum Gasteiger partial charge on any atom is -0.465 e. The Labute approximate surface area is 117 Å². The van der Waals surface area contributed by atoms with Crippen molar-refractivity contribution in [1.29, 1.82) is 0 Å². The van der Waals surface area contributed by atoms with Crippen molar-refractivity contribution in [2.45, 2.75) is 0 Å². The first kappa shape index (κ1) is 13.4. The lowest BCUT2D eigenvalue weighted by Gasteiger charge is -2.06. The van der Waals surface area contributed by atoms with Gasteiger partial charge in [0.25, 0.3) is 0 Å². The van der Waals surface area contributed by atoms with Crippen molar-refractivity contribution in [2.75, 3.05) is 7.11 Å². The number of methoxy groups -OCH3 is 1. The highest BCUT2D eigenvalue weighted by atomic mass is 35.5. The van der Waals surface area contributed by atoms with E-state index in [2.05, 4.69) is 0 Å². The standard InChI is InChI=1S/C16H13ClO2/c1-19-16(18)14(12-7-3-2-4-8-12)11-13-9-5-6-10-15(13)17/h2-11H,1H3. The zero-order valence-electron chi connectivity index (χ0n) is 10.5. The van der Waals surface area contributed by atoms with Crippen LogP contribution in [0.2, 0.25) is 5.02 Å². The summed E-state index contributed by atoms with van der Waals surface area (Å²) in [6, 6.07) is 16.7. The SMILES string of the molecule is COC(=O)C(=Cc1ccccc1Cl)c1ccccc1. The van der Waals surface area contributed by atoms with E-state index in [9.17, 15) is 4.79 Å². The van der Waals surface area contributed by atoms with E-state index < -0.39 is 0 Å². The van der Waals surface area contributed by atoms with Gasteiger partial charge >= 0.3 is 5.97 Å². The molecule has 2 aromatic rings. The highest BCUT2D eigenvalue weighted by Crippen LogP contribution is 2.23. The maximum absolute atomic E-state index is 11.9. The van der Waals surface area contributed by atoms with Gasteiger partial charge in [0.05, 0.1) is 12.7 Å². The van der Waals surface area contributed by atoms with Crippen molar-refractivity contribution in [2.24, 2.45) is 0 Å². The fourth-order valence-electron chi connectivity index (χ4n) is 1.74. The molecule has 0 aliphatic rings. The molecule has 2 nitrogen and oxygen atoms in total. The van der Waals surface area contributed by atoms with Crippen LogP contribution in [0.3, 0.4) is 0 Å². The molecular formula is C16H13ClO2. The minimum atomic E-state index is -0.383. The van der Waals surface area contributed by atoms with E-state index in [-0.39, 0.29) is 5.97 Å². The first-order valence-corrected chi connectivity index (χ1v) is 6.20. The number of ether oxygens (including phenoxy) is 1. The van der Waals surface area contributed by atoms with Gasteiger partial charge in [-0.2, -0.15) is 0 Å². The number of hydrogen-bond acceptors (Lipinski definition) is 2. The monoisotopic (exact) mass is 272 g/mol. The second kappa shape index (κ2) is 6.21. The minimum absolute atomic E-state index is 0.383. The molecule has 0 amide bonds. The van der Waals surface area contributed by atoms with Gasteiger partial charge in [0.15, 0.2) is 0 Å².